The normalized spacial score (nSPS) is 17.9. The average Bonchev–Trinajstić information content (AvgIpc) is 2.97. The van der Waals surface area contributed by atoms with Gasteiger partial charge in [0.25, 0.3) is 0 Å². The van der Waals surface area contributed by atoms with Gasteiger partial charge in [0.1, 0.15) is 0 Å². The smallest absolute Gasteiger partial charge is 0.0991 e. The van der Waals surface area contributed by atoms with Gasteiger partial charge in [-0.25, -0.2) is 0 Å². The van der Waals surface area contributed by atoms with Gasteiger partial charge < -0.3 is 10.6 Å². The molecule has 1 aliphatic rings. The van der Waals surface area contributed by atoms with Crippen molar-refractivity contribution in [1.29, 1.82) is 5.26 Å². The van der Waals surface area contributed by atoms with Crippen LogP contribution in [0.3, 0.4) is 0 Å². The van der Waals surface area contributed by atoms with Gasteiger partial charge in [-0.05, 0) is 54.8 Å². The van der Waals surface area contributed by atoms with Gasteiger partial charge in [-0.15, -0.1) is 0 Å². The Morgan fingerprint density at radius 2 is 1.95 bits per heavy atom. The van der Waals surface area contributed by atoms with Gasteiger partial charge in [0, 0.05) is 17.9 Å². The molecule has 0 radical (unpaired) electrons. The van der Waals surface area contributed by atoms with Crippen molar-refractivity contribution >= 4 is 11.4 Å². The molecule has 20 heavy (non-hydrogen) atoms. The zero-order valence-corrected chi connectivity index (χ0v) is 11.3. The summed E-state index contributed by atoms with van der Waals surface area (Å²) in [4.78, 5) is 2.40. The highest BCUT2D eigenvalue weighted by Gasteiger charge is 2.26. The topological polar surface area (TPSA) is 53.0 Å². The Kier molecular flexibility index (Phi) is 3.30. The minimum absolute atomic E-state index is 0.381. The van der Waals surface area contributed by atoms with Gasteiger partial charge in [0.15, 0.2) is 0 Å². The number of hydrogen-bond acceptors (Lipinski definition) is 3. The lowest BCUT2D eigenvalue weighted by Crippen LogP contribution is -2.22. The van der Waals surface area contributed by atoms with E-state index in [-0.39, 0.29) is 0 Å². The molecule has 0 aliphatic carbocycles. The molecule has 2 N–H and O–H groups in total. The van der Waals surface area contributed by atoms with E-state index in [2.05, 4.69) is 23.1 Å². The summed E-state index contributed by atoms with van der Waals surface area (Å²) in [6, 6.07) is 18.5. The Balaban J connectivity index is 1.90. The van der Waals surface area contributed by atoms with E-state index >= 15 is 0 Å². The number of nitriles is 1. The maximum atomic E-state index is 8.88. The second-order valence-corrected chi connectivity index (χ2v) is 5.18. The number of hydrogen-bond donors (Lipinski definition) is 1. The predicted molar refractivity (Wildman–Crippen MR) is 81.3 cm³/mol. The summed E-state index contributed by atoms with van der Waals surface area (Å²) in [5.74, 6) is 0. The van der Waals surface area contributed by atoms with E-state index < -0.39 is 0 Å². The predicted octanol–water partition coefficient (Wildman–Crippen LogP) is 3.48. The van der Waals surface area contributed by atoms with Crippen molar-refractivity contribution in [2.45, 2.75) is 18.9 Å². The Hall–Kier alpha value is -2.47. The molecular formula is C17H17N3. The summed E-state index contributed by atoms with van der Waals surface area (Å²) in [5, 5.41) is 8.88. The van der Waals surface area contributed by atoms with Gasteiger partial charge >= 0.3 is 0 Å². The summed E-state index contributed by atoms with van der Waals surface area (Å²) in [6.45, 7) is 1.05. The minimum Gasteiger partial charge on any atom is -0.399 e. The third kappa shape index (κ3) is 2.33. The number of nitrogens with zero attached hydrogens (tertiary/aromatic N) is 2. The van der Waals surface area contributed by atoms with Crippen molar-refractivity contribution in [3.63, 3.8) is 0 Å². The molecule has 1 fully saturated rings. The van der Waals surface area contributed by atoms with Crippen LogP contribution < -0.4 is 10.6 Å². The first-order chi connectivity index (χ1) is 9.78. The van der Waals surface area contributed by atoms with Crippen molar-refractivity contribution in [2.24, 2.45) is 0 Å². The van der Waals surface area contributed by atoms with Crippen LogP contribution in [0.25, 0.3) is 0 Å². The van der Waals surface area contributed by atoms with Gasteiger partial charge in [-0.1, -0.05) is 12.1 Å². The highest BCUT2D eigenvalue weighted by Crippen LogP contribution is 2.36. The van der Waals surface area contributed by atoms with Gasteiger partial charge in [0.05, 0.1) is 17.7 Å². The first kappa shape index (κ1) is 12.6. The van der Waals surface area contributed by atoms with E-state index in [4.69, 9.17) is 11.0 Å². The third-order valence-corrected chi connectivity index (χ3v) is 3.88. The number of benzene rings is 2. The molecule has 0 bridgehead atoms. The minimum atomic E-state index is 0.381. The fraction of sp³-hybridized carbons (Fsp3) is 0.235. The van der Waals surface area contributed by atoms with E-state index in [1.54, 1.807) is 0 Å². The van der Waals surface area contributed by atoms with Crippen molar-refractivity contribution in [1.82, 2.24) is 0 Å². The van der Waals surface area contributed by atoms with Crippen LogP contribution in [0, 0.1) is 11.3 Å². The molecule has 0 spiro atoms. The summed E-state index contributed by atoms with van der Waals surface area (Å²) < 4.78 is 0. The fourth-order valence-electron chi connectivity index (χ4n) is 2.92. The van der Waals surface area contributed by atoms with Crippen molar-refractivity contribution < 1.29 is 0 Å². The van der Waals surface area contributed by atoms with Gasteiger partial charge in [-0.2, -0.15) is 5.26 Å². The summed E-state index contributed by atoms with van der Waals surface area (Å²) in [7, 11) is 0. The van der Waals surface area contributed by atoms with E-state index in [9.17, 15) is 0 Å². The Labute approximate surface area is 119 Å². The SMILES string of the molecule is N#Cc1ccc(N2CCCC2c2cccc(N)c2)cc1. The van der Waals surface area contributed by atoms with E-state index in [1.807, 2.05) is 36.4 Å². The first-order valence-electron chi connectivity index (χ1n) is 6.90. The molecule has 1 unspecified atom stereocenters. The van der Waals surface area contributed by atoms with Crippen LogP contribution in [0.1, 0.15) is 30.0 Å². The maximum Gasteiger partial charge on any atom is 0.0991 e. The molecule has 2 aromatic carbocycles. The maximum absolute atomic E-state index is 8.88. The largest absolute Gasteiger partial charge is 0.399 e. The second kappa shape index (κ2) is 5.26. The molecule has 3 heteroatoms. The first-order valence-corrected chi connectivity index (χ1v) is 6.90. The molecule has 1 atom stereocenters. The Morgan fingerprint density at radius 3 is 2.65 bits per heavy atom. The highest BCUT2D eigenvalue weighted by molar-refractivity contribution is 5.53. The zero-order valence-electron chi connectivity index (χ0n) is 11.3. The summed E-state index contributed by atoms with van der Waals surface area (Å²) in [5.41, 5.74) is 9.86. The standard InChI is InChI=1S/C17H17N3/c18-12-13-6-8-16(9-7-13)20-10-2-5-17(20)14-3-1-4-15(19)11-14/h1,3-4,6-9,11,17H,2,5,10,19H2. The van der Waals surface area contributed by atoms with Crippen LogP contribution in [-0.4, -0.2) is 6.54 Å². The third-order valence-electron chi connectivity index (χ3n) is 3.88. The monoisotopic (exact) mass is 263 g/mol. The van der Waals surface area contributed by atoms with Crippen LogP contribution in [0.4, 0.5) is 11.4 Å². The highest BCUT2D eigenvalue weighted by atomic mass is 15.2. The van der Waals surface area contributed by atoms with E-state index in [0.717, 1.165) is 18.7 Å². The fourth-order valence-corrected chi connectivity index (χ4v) is 2.92. The lowest BCUT2D eigenvalue weighted by atomic mass is 10.0. The van der Waals surface area contributed by atoms with Crippen LogP contribution >= 0.6 is 0 Å². The molecular weight excluding hydrogens is 246 g/mol. The molecule has 1 heterocycles. The molecule has 2 aromatic rings. The number of anilines is 2. The number of nitrogen functional groups attached to an aromatic ring is 1. The van der Waals surface area contributed by atoms with Crippen LogP contribution in [-0.2, 0) is 0 Å². The molecule has 0 aromatic heterocycles. The lowest BCUT2D eigenvalue weighted by Gasteiger charge is -2.27. The summed E-state index contributed by atoms with van der Waals surface area (Å²) >= 11 is 0. The molecule has 1 aliphatic heterocycles. The molecule has 3 nitrogen and oxygen atoms in total. The molecule has 3 rings (SSSR count). The van der Waals surface area contributed by atoms with Crippen molar-refractivity contribution in [3.05, 3.63) is 59.7 Å². The van der Waals surface area contributed by atoms with Gasteiger partial charge in [0.2, 0.25) is 0 Å². The second-order valence-electron chi connectivity index (χ2n) is 5.18. The van der Waals surface area contributed by atoms with Crippen LogP contribution in [0.15, 0.2) is 48.5 Å². The summed E-state index contributed by atoms with van der Waals surface area (Å²) in [6.07, 6.45) is 2.32. The van der Waals surface area contributed by atoms with E-state index in [0.29, 0.717) is 11.6 Å². The molecule has 1 saturated heterocycles. The lowest BCUT2D eigenvalue weighted by molar-refractivity contribution is 0.720. The zero-order chi connectivity index (χ0) is 13.9. The van der Waals surface area contributed by atoms with E-state index in [1.165, 1.54) is 17.7 Å². The molecule has 100 valence electrons. The van der Waals surface area contributed by atoms with Crippen LogP contribution in [0.2, 0.25) is 0 Å². The van der Waals surface area contributed by atoms with Crippen molar-refractivity contribution in [2.75, 3.05) is 17.2 Å². The number of nitrogens with two attached hydrogens (primary N) is 1. The Morgan fingerprint density at radius 1 is 1.15 bits per heavy atom. The average molecular weight is 263 g/mol. The quantitative estimate of drug-likeness (QED) is 0.844. The molecule has 0 saturated carbocycles. The Bertz CT molecular complexity index is 640. The van der Waals surface area contributed by atoms with Crippen molar-refractivity contribution in [3.8, 4) is 6.07 Å². The number of rotatable bonds is 2. The van der Waals surface area contributed by atoms with Gasteiger partial charge in [-0.3, -0.25) is 0 Å². The molecule has 0 amide bonds. The van der Waals surface area contributed by atoms with Crippen LogP contribution in [0.5, 0.6) is 0 Å².